The van der Waals surface area contributed by atoms with E-state index in [-0.39, 0.29) is 31.1 Å². The van der Waals surface area contributed by atoms with Crippen LogP contribution in [0.4, 0.5) is 4.39 Å². The highest BCUT2D eigenvalue weighted by Gasteiger charge is 2.76. The Labute approximate surface area is 208 Å². The molecule has 4 aliphatic rings. The molecule has 8 atom stereocenters. The van der Waals surface area contributed by atoms with Gasteiger partial charge >= 0.3 is 11.9 Å². The number of aliphatic hydroxyl groups excluding tert-OH is 1. The number of fused-ring (bicyclic) bond motifs is 5. The van der Waals surface area contributed by atoms with Gasteiger partial charge in [-0.1, -0.05) is 48.7 Å². The molecule has 0 aromatic carbocycles. The highest BCUT2D eigenvalue weighted by Crippen LogP contribution is 2.71. The molecule has 0 radical (unpaired) electrons. The van der Waals surface area contributed by atoms with Crippen LogP contribution in [0.2, 0.25) is 0 Å². The molecule has 0 aromatic heterocycles. The van der Waals surface area contributed by atoms with E-state index in [2.05, 4.69) is 0 Å². The Balaban J connectivity index is 1.83. The quantitative estimate of drug-likeness (QED) is 0.443. The summed E-state index contributed by atoms with van der Waals surface area (Å²) in [5.41, 5.74) is -5.42. The Kier molecular flexibility index (Phi) is 6.27. The molecule has 0 unspecified atom stereocenters. The number of allylic oxidation sites excluding steroid dienone is 4. The zero-order chi connectivity index (χ0) is 25.3. The van der Waals surface area contributed by atoms with Crippen molar-refractivity contribution in [3.05, 3.63) is 23.8 Å². The van der Waals surface area contributed by atoms with E-state index < -0.39 is 56.8 Å². The number of ether oxygens (including phenoxy) is 2. The number of ketones is 1. The van der Waals surface area contributed by atoms with Crippen LogP contribution in [0.25, 0.3) is 0 Å². The third kappa shape index (κ3) is 3.19. The van der Waals surface area contributed by atoms with E-state index in [0.717, 1.165) is 0 Å². The number of aliphatic hydroxyl groups is 1. The molecular formula is C25H31Cl2FO6. The Morgan fingerprint density at radius 1 is 1.29 bits per heavy atom. The molecule has 4 rings (SSSR count). The lowest BCUT2D eigenvalue weighted by Gasteiger charge is -2.63. The molecule has 6 nitrogen and oxygen atoms in total. The maximum Gasteiger partial charge on any atom is 0.351 e. The van der Waals surface area contributed by atoms with Crippen LogP contribution in [-0.2, 0) is 23.9 Å². The maximum absolute atomic E-state index is 17.3. The summed E-state index contributed by atoms with van der Waals surface area (Å²) < 4.78 is 28.3. The Hall–Kier alpha value is -1.44. The molecule has 0 saturated heterocycles. The average Bonchev–Trinajstić information content (AvgIpc) is 3.04. The smallest absolute Gasteiger partial charge is 0.351 e. The monoisotopic (exact) mass is 516 g/mol. The van der Waals surface area contributed by atoms with Crippen LogP contribution in [0.15, 0.2) is 23.8 Å². The number of carbonyl (C=O) groups excluding carboxylic acids is 3. The topological polar surface area (TPSA) is 89.9 Å². The van der Waals surface area contributed by atoms with Gasteiger partial charge in [-0.25, -0.2) is 14.0 Å². The predicted molar refractivity (Wildman–Crippen MR) is 124 cm³/mol. The number of hydrogen-bond acceptors (Lipinski definition) is 6. The third-order valence-corrected chi connectivity index (χ3v) is 9.50. The molecule has 9 heteroatoms. The van der Waals surface area contributed by atoms with E-state index in [1.165, 1.54) is 12.2 Å². The molecule has 0 amide bonds. The van der Waals surface area contributed by atoms with Crippen LogP contribution in [0.5, 0.6) is 0 Å². The summed E-state index contributed by atoms with van der Waals surface area (Å²) in [4.78, 5) is 36.4. The number of alkyl halides is 3. The van der Waals surface area contributed by atoms with E-state index in [1.54, 1.807) is 26.8 Å². The SMILES string of the molecule is CCOC(=O)[C@@]1(OC(=O)C(Cl)Cl)CC[C@H]2[C@@H]3C[C@H](C)C4=CC(=O)C=C[C@]4(C)[C@@]3(F)[C@@H](O)C[C@@]21C. The second-order valence-corrected chi connectivity index (χ2v) is 11.7. The summed E-state index contributed by atoms with van der Waals surface area (Å²) in [6.45, 7) is 7.15. The van der Waals surface area contributed by atoms with Crippen LogP contribution in [0.3, 0.4) is 0 Å². The molecule has 4 aliphatic carbocycles. The summed E-state index contributed by atoms with van der Waals surface area (Å²) in [6, 6.07) is 0. The van der Waals surface area contributed by atoms with Crippen LogP contribution in [0.1, 0.15) is 53.4 Å². The van der Waals surface area contributed by atoms with Crippen molar-refractivity contribution in [2.45, 2.75) is 75.6 Å². The first-order valence-electron chi connectivity index (χ1n) is 11.8. The van der Waals surface area contributed by atoms with Gasteiger partial charge in [0.25, 0.3) is 0 Å². The van der Waals surface area contributed by atoms with Crippen LogP contribution in [0, 0.1) is 28.6 Å². The number of halogens is 3. The van der Waals surface area contributed by atoms with Crippen LogP contribution >= 0.6 is 23.2 Å². The predicted octanol–water partition coefficient (Wildman–Crippen LogP) is 4.25. The molecule has 3 saturated carbocycles. The molecule has 188 valence electrons. The zero-order valence-electron chi connectivity index (χ0n) is 19.8. The van der Waals surface area contributed by atoms with Gasteiger partial charge in [0, 0.05) is 16.7 Å². The van der Waals surface area contributed by atoms with Gasteiger partial charge in [0.1, 0.15) is 0 Å². The van der Waals surface area contributed by atoms with E-state index in [4.69, 9.17) is 32.7 Å². The van der Waals surface area contributed by atoms with Crippen molar-refractivity contribution in [1.29, 1.82) is 0 Å². The van der Waals surface area contributed by atoms with Crippen LogP contribution in [-0.4, -0.2) is 51.6 Å². The molecule has 0 aromatic rings. The van der Waals surface area contributed by atoms with E-state index in [0.29, 0.717) is 18.4 Å². The fraction of sp³-hybridized carbons (Fsp3) is 0.720. The van der Waals surface area contributed by atoms with Crippen molar-refractivity contribution in [2.75, 3.05) is 6.61 Å². The fourth-order valence-corrected chi connectivity index (χ4v) is 7.69. The highest BCUT2D eigenvalue weighted by atomic mass is 35.5. The van der Waals surface area contributed by atoms with Gasteiger partial charge in [0.15, 0.2) is 11.5 Å². The second-order valence-electron chi connectivity index (χ2n) is 10.6. The zero-order valence-corrected chi connectivity index (χ0v) is 21.3. The highest BCUT2D eigenvalue weighted by molar-refractivity contribution is 6.53. The van der Waals surface area contributed by atoms with E-state index in [1.807, 2.05) is 6.92 Å². The standard InChI is InChI=1S/C25H31Cl2FO6/c1-5-33-21(32)24(34-20(31)19(26)27)9-7-15-17-10-13(2)16-11-14(29)6-8-22(16,3)25(17,28)18(30)12-23(15,24)4/h6,8,11,13,15,17-19,30H,5,7,9-10,12H2,1-4H3/t13-,15-,17-,18-,22-,23-,24-,25-/m0/s1. The average molecular weight is 517 g/mol. The van der Waals surface area contributed by atoms with Crippen LogP contribution < -0.4 is 0 Å². The van der Waals surface area contributed by atoms with Crippen molar-refractivity contribution < 1.29 is 33.4 Å². The summed E-state index contributed by atoms with van der Waals surface area (Å²) in [5.74, 6) is -3.06. The lowest BCUT2D eigenvalue weighted by Crippen LogP contribution is -2.70. The second kappa shape index (κ2) is 8.31. The van der Waals surface area contributed by atoms with Gasteiger partial charge in [-0.15, -0.1) is 0 Å². The van der Waals surface area contributed by atoms with Gasteiger partial charge in [0.2, 0.25) is 10.4 Å². The lowest BCUT2D eigenvalue weighted by molar-refractivity contribution is -0.234. The molecule has 0 bridgehead atoms. The summed E-state index contributed by atoms with van der Waals surface area (Å²) in [7, 11) is 0. The van der Waals surface area contributed by atoms with Gasteiger partial charge in [-0.05, 0) is 63.5 Å². The Morgan fingerprint density at radius 3 is 2.59 bits per heavy atom. The van der Waals surface area contributed by atoms with Crippen molar-refractivity contribution >= 4 is 40.9 Å². The number of esters is 2. The molecule has 3 fully saturated rings. The Bertz CT molecular complexity index is 980. The van der Waals surface area contributed by atoms with E-state index >= 15 is 4.39 Å². The van der Waals surface area contributed by atoms with Crippen molar-refractivity contribution in [1.82, 2.24) is 0 Å². The van der Waals surface area contributed by atoms with Gasteiger partial charge in [-0.2, -0.15) is 0 Å². The largest absolute Gasteiger partial charge is 0.463 e. The minimum atomic E-state index is -2.07. The fourth-order valence-electron chi connectivity index (χ4n) is 7.60. The molecule has 0 spiro atoms. The van der Waals surface area contributed by atoms with Gasteiger partial charge in [-0.3, -0.25) is 4.79 Å². The third-order valence-electron chi connectivity index (χ3n) is 9.15. The number of rotatable bonds is 4. The summed E-state index contributed by atoms with van der Waals surface area (Å²) in [5, 5.41) is 11.5. The lowest BCUT2D eigenvalue weighted by atomic mass is 9.43. The molecule has 34 heavy (non-hydrogen) atoms. The summed E-state index contributed by atoms with van der Waals surface area (Å²) in [6.07, 6.45) is 3.71. The molecule has 1 N–H and O–H groups in total. The first kappa shape index (κ1) is 25.6. The normalized spacial score (nSPS) is 45.2. The Morgan fingerprint density at radius 2 is 1.97 bits per heavy atom. The molecule has 0 aliphatic heterocycles. The van der Waals surface area contributed by atoms with E-state index in [9.17, 15) is 19.5 Å². The minimum Gasteiger partial charge on any atom is -0.463 e. The first-order chi connectivity index (χ1) is 15.8. The van der Waals surface area contributed by atoms with Gasteiger partial charge < -0.3 is 14.6 Å². The minimum absolute atomic E-state index is 0.0607. The van der Waals surface area contributed by atoms with Crippen molar-refractivity contribution in [3.63, 3.8) is 0 Å². The van der Waals surface area contributed by atoms with Gasteiger partial charge in [0.05, 0.1) is 12.7 Å². The summed E-state index contributed by atoms with van der Waals surface area (Å²) >= 11 is 11.5. The molecular weight excluding hydrogens is 486 g/mol. The van der Waals surface area contributed by atoms with Crippen molar-refractivity contribution in [3.8, 4) is 0 Å². The first-order valence-corrected chi connectivity index (χ1v) is 12.7. The number of carbonyl (C=O) groups is 3. The van der Waals surface area contributed by atoms with Crippen molar-refractivity contribution in [2.24, 2.45) is 28.6 Å². The maximum atomic E-state index is 17.3. The molecule has 0 heterocycles. The number of hydrogen-bond donors (Lipinski definition) is 1.